The maximum absolute atomic E-state index is 11.7. The highest BCUT2D eigenvalue weighted by molar-refractivity contribution is 14.0. The summed E-state index contributed by atoms with van der Waals surface area (Å²) in [7, 11) is 0. The van der Waals surface area contributed by atoms with E-state index in [9.17, 15) is 4.79 Å². The molecule has 7 nitrogen and oxygen atoms in total. The van der Waals surface area contributed by atoms with Gasteiger partial charge in [-0.05, 0) is 83.7 Å². The minimum absolute atomic E-state index is 0. The molecular formula is C25H42IN5O2. The number of guanidine groups is 1. The molecule has 2 aliphatic rings. The first-order chi connectivity index (χ1) is 15.5. The molecule has 3 N–H and O–H groups in total. The molecule has 1 aliphatic heterocycles. The average Bonchev–Trinajstić information content (AvgIpc) is 3.61. The van der Waals surface area contributed by atoms with E-state index in [1.54, 1.807) is 0 Å². The Balaban J connectivity index is 0.00000385. The Hall–Kier alpha value is -1.55. The molecule has 3 rings (SSSR count). The minimum Gasteiger partial charge on any atom is -0.484 e. The Morgan fingerprint density at radius 2 is 1.82 bits per heavy atom. The largest absolute Gasteiger partial charge is 0.484 e. The Morgan fingerprint density at radius 3 is 2.45 bits per heavy atom. The zero-order valence-corrected chi connectivity index (χ0v) is 22.8. The van der Waals surface area contributed by atoms with Gasteiger partial charge in [0.25, 0.3) is 5.91 Å². The highest BCUT2D eigenvalue weighted by atomic mass is 127. The fourth-order valence-electron chi connectivity index (χ4n) is 3.94. The molecule has 0 spiro atoms. The van der Waals surface area contributed by atoms with Crippen LogP contribution in [0.2, 0.25) is 0 Å². The van der Waals surface area contributed by atoms with Crippen molar-refractivity contribution < 1.29 is 9.53 Å². The number of nitrogens with one attached hydrogen (secondary N) is 3. The molecule has 0 atom stereocenters. The molecular weight excluding hydrogens is 529 g/mol. The van der Waals surface area contributed by atoms with Crippen LogP contribution in [0.1, 0.15) is 58.4 Å². The second kappa shape index (κ2) is 14.0. The Kier molecular flexibility index (Phi) is 11.7. The van der Waals surface area contributed by atoms with Gasteiger partial charge in [-0.2, -0.15) is 0 Å². The summed E-state index contributed by atoms with van der Waals surface area (Å²) in [5, 5.41) is 9.75. The molecule has 1 saturated carbocycles. The fourth-order valence-corrected chi connectivity index (χ4v) is 3.94. The van der Waals surface area contributed by atoms with Gasteiger partial charge in [-0.25, -0.2) is 0 Å². The zero-order valence-electron chi connectivity index (χ0n) is 20.5. The Morgan fingerprint density at radius 1 is 1.12 bits per heavy atom. The molecule has 1 aromatic rings. The first kappa shape index (κ1) is 27.7. The summed E-state index contributed by atoms with van der Waals surface area (Å²) in [6.07, 6.45) is 7.01. The number of benzene rings is 1. The van der Waals surface area contributed by atoms with Crippen LogP contribution in [-0.2, 0) is 11.2 Å². The third-order valence-electron chi connectivity index (χ3n) is 6.12. The van der Waals surface area contributed by atoms with Crippen molar-refractivity contribution in [1.82, 2.24) is 20.9 Å². The van der Waals surface area contributed by atoms with Gasteiger partial charge in [0.05, 0.1) is 6.54 Å². The number of ether oxygens (including phenoxy) is 1. The lowest BCUT2D eigenvalue weighted by Crippen LogP contribution is -2.49. The lowest BCUT2D eigenvalue weighted by atomic mass is 9.99. The number of carbonyl (C=O) groups excluding carboxylic acids is 1. The van der Waals surface area contributed by atoms with Crippen LogP contribution in [0.15, 0.2) is 29.3 Å². The van der Waals surface area contributed by atoms with Gasteiger partial charge in [-0.1, -0.05) is 18.6 Å². The van der Waals surface area contributed by atoms with Crippen molar-refractivity contribution in [3.63, 3.8) is 0 Å². The number of amides is 1. The van der Waals surface area contributed by atoms with E-state index in [1.165, 1.54) is 37.9 Å². The molecule has 1 heterocycles. The Bertz CT molecular complexity index is 744. The quantitative estimate of drug-likeness (QED) is 0.216. The van der Waals surface area contributed by atoms with E-state index < -0.39 is 0 Å². The predicted molar refractivity (Wildman–Crippen MR) is 146 cm³/mol. The first-order valence-electron chi connectivity index (χ1n) is 12.2. The summed E-state index contributed by atoms with van der Waals surface area (Å²) < 4.78 is 5.58. The van der Waals surface area contributed by atoms with Crippen LogP contribution in [0.5, 0.6) is 5.75 Å². The van der Waals surface area contributed by atoms with Crippen LogP contribution in [0, 0.1) is 0 Å². The van der Waals surface area contributed by atoms with Crippen LogP contribution in [0.4, 0.5) is 0 Å². The average molecular weight is 572 g/mol. The number of hydrogen-bond donors (Lipinski definition) is 3. The van der Waals surface area contributed by atoms with Crippen molar-refractivity contribution in [1.29, 1.82) is 0 Å². The topological polar surface area (TPSA) is 78.0 Å². The fraction of sp³-hybridized carbons (Fsp3) is 0.680. The lowest BCUT2D eigenvalue weighted by molar-refractivity contribution is -0.123. The molecule has 0 unspecified atom stereocenters. The van der Waals surface area contributed by atoms with Gasteiger partial charge in [0.15, 0.2) is 12.6 Å². The third-order valence-corrected chi connectivity index (χ3v) is 6.12. The van der Waals surface area contributed by atoms with Gasteiger partial charge in [0.1, 0.15) is 5.75 Å². The highest BCUT2D eigenvalue weighted by Crippen LogP contribution is 2.21. The number of likely N-dealkylation sites (tertiary alicyclic amines) is 1. The summed E-state index contributed by atoms with van der Waals surface area (Å²) in [6.45, 7) is 11.5. The van der Waals surface area contributed by atoms with Gasteiger partial charge < -0.3 is 20.7 Å². The second-order valence-electron chi connectivity index (χ2n) is 9.51. The molecule has 1 aliphatic carbocycles. The SMILES string of the molecule is CCNC(=NCC(C)(C)N1CCCCC1)NCCc1ccc(OCC(=O)NC2CC2)cc1.I. The number of rotatable bonds is 11. The smallest absolute Gasteiger partial charge is 0.258 e. The van der Waals surface area contributed by atoms with Crippen molar-refractivity contribution in [2.24, 2.45) is 4.99 Å². The highest BCUT2D eigenvalue weighted by Gasteiger charge is 2.27. The van der Waals surface area contributed by atoms with Gasteiger partial charge in [0, 0.05) is 24.7 Å². The maximum atomic E-state index is 11.7. The number of aliphatic imine (C=N–C) groups is 1. The van der Waals surface area contributed by atoms with Gasteiger partial charge in [-0.15, -0.1) is 24.0 Å². The minimum atomic E-state index is -0.0421. The zero-order chi connectivity index (χ0) is 22.8. The standard InChI is InChI=1S/C25H41N5O2.HI/c1-4-26-24(28-19-25(2,3)30-16-6-5-7-17-30)27-15-14-20-8-12-22(13-9-20)32-18-23(31)29-21-10-11-21;/h8-9,12-13,21H,4-7,10-11,14-19H2,1-3H3,(H,29,31)(H2,26,27,28);1H. The first-order valence-corrected chi connectivity index (χ1v) is 12.2. The van der Waals surface area contributed by atoms with Crippen molar-refractivity contribution >= 4 is 35.8 Å². The molecule has 1 amide bonds. The van der Waals surface area contributed by atoms with Crippen molar-refractivity contribution in [2.45, 2.75) is 70.9 Å². The van der Waals surface area contributed by atoms with E-state index in [1.807, 2.05) is 12.1 Å². The summed E-state index contributed by atoms with van der Waals surface area (Å²) in [5.41, 5.74) is 1.30. The van der Waals surface area contributed by atoms with E-state index in [0.717, 1.165) is 50.6 Å². The molecule has 2 fully saturated rings. The third kappa shape index (κ3) is 10.1. The molecule has 186 valence electrons. The van der Waals surface area contributed by atoms with E-state index in [0.29, 0.717) is 6.04 Å². The molecule has 1 aromatic carbocycles. The van der Waals surface area contributed by atoms with Crippen LogP contribution >= 0.6 is 24.0 Å². The summed E-state index contributed by atoms with van der Waals surface area (Å²) in [4.78, 5) is 19.2. The maximum Gasteiger partial charge on any atom is 0.258 e. The molecule has 0 aromatic heterocycles. The Labute approximate surface area is 216 Å². The van der Waals surface area contributed by atoms with E-state index in [4.69, 9.17) is 9.73 Å². The lowest BCUT2D eigenvalue weighted by Gasteiger charge is -2.40. The number of hydrogen-bond acceptors (Lipinski definition) is 4. The molecule has 1 saturated heterocycles. The monoisotopic (exact) mass is 571 g/mol. The molecule has 0 bridgehead atoms. The predicted octanol–water partition coefficient (Wildman–Crippen LogP) is 3.32. The van der Waals surface area contributed by atoms with Crippen LogP contribution < -0.4 is 20.7 Å². The van der Waals surface area contributed by atoms with E-state index in [-0.39, 0.29) is 42.0 Å². The van der Waals surface area contributed by atoms with Gasteiger partial charge in [0.2, 0.25) is 0 Å². The van der Waals surface area contributed by atoms with Gasteiger partial charge in [-0.3, -0.25) is 14.7 Å². The van der Waals surface area contributed by atoms with Crippen molar-refractivity contribution in [3.05, 3.63) is 29.8 Å². The molecule has 0 radical (unpaired) electrons. The normalized spacial score (nSPS) is 17.1. The molecule has 8 heteroatoms. The van der Waals surface area contributed by atoms with E-state index in [2.05, 4.69) is 53.8 Å². The number of piperidine rings is 1. The van der Waals surface area contributed by atoms with Crippen LogP contribution in [0.25, 0.3) is 0 Å². The second-order valence-corrected chi connectivity index (χ2v) is 9.51. The van der Waals surface area contributed by atoms with Crippen LogP contribution in [-0.4, -0.2) is 67.7 Å². The van der Waals surface area contributed by atoms with Crippen LogP contribution in [0.3, 0.4) is 0 Å². The summed E-state index contributed by atoms with van der Waals surface area (Å²) in [6, 6.07) is 8.34. The number of halogens is 1. The van der Waals surface area contributed by atoms with Crippen molar-refractivity contribution in [2.75, 3.05) is 39.3 Å². The summed E-state index contributed by atoms with van der Waals surface area (Å²) >= 11 is 0. The van der Waals surface area contributed by atoms with E-state index >= 15 is 0 Å². The van der Waals surface area contributed by atoms with Gasteiger partial charge >= 0.3 is 0 Å². The number of carbonyl (C=O) groups is 1. The van der Waals surface area contributed by atoms with Crippen molar-refractivity contribution in [3.8, 4) is 5.75 Å². The number of nitrogens with zero attached hydrogens (tertiary/aromatic N) is 2. The molecule has 33 heavy (non-hydrogen) atoms. The summed E-state index contributed by atoms with van der Waals surface area (Å²) in [5.74, 6) is 1.56.